The predicted octanol–water partition coefficient (Wildman–Crippen LogP) is 4.25. The Labute approximate surface area is 182 Å². The molecule has 1 amide bonds. The molecule has 1 saturated heterocycles. The molecule has 1 unspecified atom stereocenters. The van der Waals surface area contributed by atoms with Gasteiger partial charge in [-0.05, 0) is 67.9 Å². The van der Waals surface area contributed by atoms with Gasteiger partial charge in [0.15, 0.2) is 0 Å². The van der Waals surface area contributed by atoms with Crippen molar-refractivity contribution >= 4 is 35.2 Å². The number of carbonyl (C=O) groups excluding carboxylic acids is 1. The molecule has 1 aromatic carbocycles. The molecule has 1 fully saturated rings. The molecule has 3 atom stereocenters. The van der Waals surface area contributed by atoms with Crippen LogP contribution in [0.15, 0.2) is 24.3 Å². The summed E-state index contributed by atoms with van der Waals surface area (Å²) in [5.74, 6) is 0.580. The zero-order valence-corrected chi connectivity index (χ0v) is 18.6. The van der Waals surface area contributed by atoms with Crippen LogP contribution >= 0.6 is 23.4 Å². The number of benzene rings is 1. The van der Waals surface area contributed by atoms with Crippen LogP contribution in [0.1, 0.15) is 51.0 Å². The number of thioether (sulfide) groups is 1. The molecule has 0 radical (unpaired) electrons. The first-order valence-corrected chi connectivity index (χ1v) is 11.9. The monoisotopic (exact) mass is 441 g/mol. The minimum absolute atomic E-state index is 0.133. The van der Waals surface area contributed by atoms with Crippen molar-refractivity contribution in [3.63, 3.8) is 0 Å². The Morgan fingerprint density at radius 2 is 2.03 bits per heavy atom. The van der Waals surface area contributed by atoms with Crippen LogP contribution < -0.4 is 0 Å². The number of carboxylic acids is 1. The van der Waals surface area contributed by atoms with E-state index in [9.17, 15) is 14.7 Å². The first-order valence-electron chi connectivity index (χ1n) is 10.4. The molecule has 0 saturated carbocycles. The van der Waals surface area contributed by atoms with E-state index in [-0.39, 0.29) is 23.6 Å². The number of aliphatic carboxylic acids is 1. The lowest BCUT2D eigenvalue weighted by molar-refractivity contribution is -0.138. The third-order valence-electron chi connectivity index (χ3n) is 5.46. The third-order valence-corrected chi connectivity index (χ3v) is 6.74. The van der Waals surface area contributed by atoms with Crippen molar-refractivity contribution < 1.29 is 19.8 Å². The van der Waals surface area contributed by atoms with Crippen LogP contribution in [0.5, 0.6) is 0 Å². The van der Waals surface area contributed by atoms with Gasteiger partial charge in [-0.25, -0.2) is 0 Å². The summed E-state index contributed by atoms with van der Waals surface area (Å²) >= 11 is 7.34. The topological polar surface area (TPSA) is 77.8 Å². The van der Waals surface area contributed by atoms with E-state index in [1.165, 1.54) is 11.8 Å². The highest BCUT2D eigenvalue weighted by Gasteiger charge is 2.32. The summed E-state index contributed by atoms with van der Waals surface area (Å²) in [6.07, 6.45) is 5.08. The number of carbonyl (C=O) groups is 2. The van der Waals surface area contributed by atoms with Crippen molar-refractivity contribution in [2.24, 2.45) is 5.92 Å². The average molecular weight is 442 g/mol. The maximum atomic E-state index is 12.5. The lowest BCUT2D eigenvalue weighted by Crippen LogP contribution is -2.48. The van der Waals surface area contributed by atoms with E-state index in [1.54, 1.807) is 0 Å². The molecule has 2 N–H and O–H groups in total. The normalized spacial score (nSPS) is 19.2. The second kappa shape index (κ2) is 12.5. The van der Waals surface area contributed by atoms with E-state index in [4.69, 9.17) is 16.7 Å². The minimum atomic E-state index is -0.785. The van der Waals surface area contributed by atoms with Gasteiger partial charge >= 0.3 is 5.97 Å². The van der Waals surface area contributed by atoms with Gasteiger partial charge in [0.25, 0.3) is 0 Å². The number of aliphatic hydroxyl groups excluding tert-OH is 1. The Morgan fingerprint density at radius 1 is 1.31 bits per heavy atom. The highest BCUT2D eigenvalue weighted by molar-refractivity contribution is 7.99. The molecule has 5 nitrogen and oxygen atoms in total. The molecule has 0 aromatic heterocycles. The van der Waals surface area contributed by atoms with E-state index in [0.29, 0.717) is 24.3 Å². The van der Waals surface area contributed by atoms with E-state index in [1.807, 2.05) is 29.2 Å². The van der Waals surface area contributed by atoms with E-state index in [2.05, 4.69) is 6.92 Å². The van der Waals surface area contributed by atoms with E-state index in [0.717, 1.165) is 43.5 Å². The maximum Gasteiger partial charge on any atom is 0.313 e. The second-order valence-corrected chi connectivity index (χ2v) is 9.44. The molecule has 0 bridgehead atoms. The molecule has 0 spiro atoms. The Balaban J connectivity index is 1.81. The number of piperidine rings is 1. The van der Waals surface area contributed by atoms with Gasteiger partial charge in [-0.2, -0.15) is 11.8 Å². The number of likely N-dealkylation sites (tertiary alicyclic amines) is 1. The van der Waals surface area contributed by atoms with Gasteiger partial charge in [0.2, 0.25) is 5.91 Å². The van der Waals surface area contributed by atoms with E-state index >= 15 is 0 Å². The number of halogens is 1. The Morgan fingerprint density at radius 3 is 2.72 bits per heavy atom. The highest BCUT2D eigenvalue weighted by Crippen LogP contribution is 2.28. The largest absolute Gasteiger partial charge is 0.481 e. The summed E-state index contributed by atoms with van der Waals surface area (Å²) < 4.78 is 0. The van der Waals surface area contributed by atoms with Crippen molar-refractivity contribution in [2.45, 2.75) is 64.0 Å². The van der Waals surface area contributed by atoms with Gasteiger partial charge in [0.05, 0.1) is 11.9 Å². The lowest BCUT2D eigenvalue weighted by atomic mass is 9.86. The van der Waals surface area contributed by atoms with Crippen molar-refractivity contribution in [2.75, 3.05) is 18.1 Å². The molecule has 1 aliphatic rings. The number of carboxylic acid groups (broad SMARTS) is 1. The fourth-order valence-electron chi connectivity index (χ4n) is 4.04. The molecular formula is C22H32ClNO4S. The standard InChI is InChI=1S/C22H32ClNO4S/c1-16(13-19(25)14-17-7-9-18(23)10-8-17)20-5-4-6-21(26)24(20)11-2-3-12-29-15-22(27)28/h7-10,16,19-20,25H,2-6,11-15H2,1H3,(H,27,28)/t16-,19?,20+/m0/s1. The van der Waals surface area contributed by atoms with Crippen LogP contribution in [0.4, 0.5) is 0 Å². The molecule has 29 heavy (non-hydrogen) atoms. The Hall–Kier alpha value is -1.24. The smallest absolute Gasteiger partial charge is 0.313 e. The highest BCUT2D eigenvalue weighted by atomic mass is 35.5. The third kappa shape index (κ3) is 8.57. The number of amides is 1. The summed E-state index contributed by atoms with van der Waals surface area (Å²) in [6.45, 7) is 2.85. The summed E-state index contributed by atoms with van der Waals surface area (Å²) in [5.41, 5.74) is 1.06. The predicted molar refractivity (Wildman–Crippen MR) is 118 cm³/mol. The van der Waals surface area contributed by atoms with Gasteiger partial charge < -0.3 is 15.1 Å². The fraction of sp³-hybridized carbons (Fsp3) is 0.636. The molecule has 7 heteroatoms. The summed E-state index contributed by atoms with van der Waals surface area (Å²) in [5, 5.41) is 19.9. The van der Waals surface area contributed by atoms with Crippen molar-refractivity contribution in [1.29, 1.82) is 0 Å². The molecule has 162 valence electrons. The number of unbranched alkanes of at least 4 members (excludes halogenated alkanes) is 1. The lowest BCUT2D eigenvalue weighted by Gasteiger charge is -2.40. The van der Waals surface area contributed by atoms with Gasteiger partial charge in [-0.3, -0.25) is 9.59 Å². The number of aliphatic hydroxyl groups is 1. The average Bonchev–Trinajstić information content (AvgIpc) is 2.67. The van der Waals surface area contributed by atoms with Gasteiger partial charge in [-0.15, -0.1) is 0 Å². The van der Waals surface area contributed by atoms with Crippen LogP contribution in [-0.2, 0) is 16.0 Å². The molecular weight excluding hydrogens is 410 g/mol. The van der Waals surface area contributed by atoms with Crippen LogP contribution in [0.25, 0.3) is 0 Å². The van der Waals surface area contributed by atoms with Crippen LogP contribution in [0, 0.1) is 5.92 Å². The zero-order valence-electron chi connectivity index (χ0n) is 17.1. The number of rotatable bonds is 12. The zero-order chi connectivity index (χ0) is 21.2. The first-order chi connectivity index (χ1) is 13.9. The van der Waals surface area contributed by atoms with Gasteiger partial charge in [0, 0.05) is 24.0 Å². The SMILES string of the molecule is C[C@@H](CC(O)Cc1ccc(Cl)cc1)[C@H]1CCCC(=O)N1CCCCSCC(=O)O. The number of nitrogens with zero attached hydrogens (tertiary/aromatic N) is 1. The fourth-order valence-corrected chi connectivity index (χ4v) is 4.89. The molecule has 1 heterocycles. The van der Waals surface area contributed by atoms with Gasteiger partial charge in [0.1, 0.15) is 0 Å². The van der Waals surface area contributed by atoms with Crippen molar-refractivity contribution in [3.8, 4) is 0 Å². The van der Waals surface area contributed by atoms with Crippen LogP contribution in [-0.4, -0.2) is 57.2 Å². The maximum absolute atomic E-state index is 12.5. The van der Waals surface area contributed by atoms with Gasteiger partial charge in [-0.1, -0.05) is 30.7 Å². The number of hydrogen-bond acceptors (Lipinski definition) is 4. The minimum Gasteiger partial charge on any atom is -0.481 e. The quantitative estimate of drug-likeness (QED) is 0.474. The van der Waals surface area contributed by atoms with E-state index < -0.39 is 12.1 Å². The summed E-state index contributed by atoms with van der Waals surface area (Å²) in [7, 11) is 0. The summed E-state index contributed by atoms with van der Waals surface area (Å²) in [4.78, 5) is 25.1. The summed E-state index contributed by atoms with van der Waals surface area (Å²) in [6, 6.07) is 7.72. The second-order valence-electron chi connectivity index (χ2n) is 7.90. The van der Waals surface area contributed by atoms with Crippen molar-refractivity contribution in [3.05, 3.63) is 34.9 Å². The van der Waals surface area contributed by atoms with Crippen molar-refractivity contribution in [1.82, 2.24) is 4.90 Å². The molecule has 0 aliphatic carbocycles. The van der Waals surface area contributed by atoms with Crippen LogP contribution in [0.2, 0.25) is 5.02 Å². The Bertz CT molecular complexity index is 655. The molecule has 1 aliphatic heterocycles. The number of hydrogen-bond donors (Lipinski definition) is 2. The first kappa shape index (κ1) is 24.0. The van der Waals surface area contributed by atoms with Crippen LogP contribution in [0.3, 0.4) is 0 Å². The molecule has 1 aromatic rings. The Kier molecular flexibility index (Phi) is 10.3. The molecule has 2 rings (SSSR count).